The number of esters is 1. The van der Waals surface area contributed by atoms with Crippen LogP contribution in [0.5, 0.6) is 5.75 Å². The molecule has 1 N–H and O–H groups in total. The molecule has 0 saturated carbocycles. The van der Waals surface area contributed by atoms with Crippen LogP contribution < -0.4 is 15.0 Å². The molecule has 1 aliphatic heterocycles. The van der Waals surface area contributed by atoms with Gasteiger partial charge in [0.1, 0.15) is 5.75 Å². The highest BCUT2D eigenvalue weighted by Gasteiger charge is 2.37. The molecule has 2 aromatic rings. The zero-order valence-corrected chi connectivity index (χ0v) is 15.8. The van der Waals surface area contributed by atoms with Crippen LogP contribution in [0, 0.1) is 0 Å². The number of urea groups is 1. The zero-order valence-electron chi connectivity index (χ0n) is 15.8. The Morgan fingerprint density at radius 1 is 1.15 bits per heavy atom. The van der Waals surface area contributed by atoms with Crippen molar-refractivity contribution < 1.29 is 19.1 Å². The molecule has 0 bridgehead atoms. The van der Waals surface area contributed by atoms with Gasteiger partial charge in [0.15, 0.2) is 0 Å². The number of methoxy groups -OCH3 is 1. The topological polar surface area (TPSA) is 67.9 Å². The van der Waals surface area contributed by atoms with Gasteiger partial charge in [0.25, 0.3) is 0 Å². The molecule has 6 nitrogen and oxygen atoms in total. The van der Waals surface area contributed by atoms with Crippen molar-refractivity contribution in [3.8, 4) is 5.75 Å². The van der Waals surface area contributed by atoms with Crippen LogP contribution in [0.4, 0.5) is 16.2 Å². The molecule has 27 heavy (non-hydrogen) atoms. The summed E-state index contributed by atoms with van der Waals surface area (Å²) in [6, 6.07) is 14.4. The fourth-order valence-electron chi connectivity index (χ4n) is 3.51. The van der Waals surface area contributed by atoms with Gasteiger partial charge in [0.2, 0.25) is 0 Å². The number of nitrogens with one attached hydrogen (secondary N) is 1. The summed E-state index contributed by atoms with van der Waals surface area (Å²) in [5.41, 5.74) is 2.14. The molecule has 6 heteroatoms. The number of fused-ring (bicyclic) bond motifs is 1. The van der Waals surface area contributed by atoms with E-state index in [9.17, 15) is 9.59 Å². The standard InChI is InChI=1S/C21H24N2O4/c1-4-27-19-12-8-6-10-17(19)22-21(25)23-14(2)13-16(20(24)26-3)15-9-5-7-11-18(15)23/h5-12,14,16H,4,13H2,1-3H3,(H,22,25). The number of hydrogen-bond acceptors (Lipinski definition) is 4. The molecule has 0 saturated heterocycles. The SMILES string of the molecule is CCOc1ccccc1NC(=O)N1c2ccccc2C(C(=O)OC)CC1C. The Balaban J connectivity index is 1.92. The highest BCUT2D eigenvalue weighted by atomic mass is 16.5. The first kappa shape index (κ1) is 18.8. The predicted molar refractivity (Wildman–Crippen MR) is 104 cm³/mol. The number of carbonyl (C=O) groups excluding carboxylic acids is 2. The number of hydrogen-bond donors (Lipinski definition) is 1. The van der Waals surface area contributed by atoms with E-state index in [2.05, 4.69) is 5.32 Å². The summed E-state index contributed by atoms with van der Waals surface area (Å²) in [6.07, 6.45) is 0.504. The number of nitrogens with zero attached hydrogens (tertiary/aromatic N) is 1. The number of carbonyl (C=O) groups is 2. The van der Waals surface area contributed by atoms with Crippen molar-refractivity contribution >= 4 is 23.4 Å². The Morgan fingerprint density at radius 2 is 1.85 bits per heavy atom. The van der Waals surface area contributed by atoms with Crippen molar-refractivity contribution in [1.29, 1.82) is 0 Å². The first-order chi connectivity index (χ1) is 13.1. The third kappa shape index (κ3) is 3.74. The lowest BCUT2D eigenvalue weighted by Gasteiger charge is -2.38. The maximum Gasteiger partial charge on any atom is 0.326 e. The van der Waals surface area contributed by atoms with E-state index in [1.807, 2.05) is 56.3 Å². The molecule has 0 fully saturated rings. The first-order valence-electron chi connectivity index (χ1n) is 9.05. The average Bonchev–Trinajstić information content (AvgIpc) is 2.68. The van der Waals surface area contributed by atoms with Gasteiger partial charge in [-0.3, -0.25) is 9.69 Å². The number of anilines is 2. The maximum atomic E-state index is 13.1. The van der Waals surface area contributed by atoms with E-state index in [-0.39, 0.29) is 24.0 Å². The van der Waals surface area contributed by atoms with Crippen LogP contribution in [0.1, 0.15) is 31.7 Å². The molecule has 0 radical (unpaired) electrons. The van der Waals surface area contributed by atoms with Gasteiger partial charge in [-0.2, -0.15) is 0 Å². The Morgan fingerprint density at radius 3 is 2.59 bits per heavy atom. The van der Waals surface area contributed by atoms with Crippen LogP contribution in [-0.4, -0.2) is 31.8 Å². The summed E-state index contributed by atoms with van der Waals surface area (Å²) in [5, 5.41) is 2.94. The number of benzene rings is 2. The third-order valence-corrected chi connectivity index (χ3v) is 4.72. The number of para-hydroxylation sites is 3. The molecule has 2 aromatic carbocycles. The fraction of sp³-hybridized carbons (Fsp3) is 0.333. The molecular formula is C21H24N2O4. The van der Waals surface area contributed by atoms with E-state index in [0.29, 0.717) is 24.5 Å². The zero-order chi connectivity index (χ0) is 19.4. The summed E-state index contributed by atoms with van der Waals surface area (Å²) in [5.74, 6) is -0.0317. The van der Waals surface area contributed by atoms with E-state index in [0.717, 1.165) is 11.3 Å². The minimum Gasteiger partial charge on any atom is -0.492 e. The lowest BCUT2D eigenvalue weighted by atomic mass is 9.86. The van der Waals surface area contributed by atoms with E-state index in [1.165, 1.54) is 7.11 Å². The molecule has 1 heterocycles. The largest absolute Gasteiger partial charge is 0.492 e. The van der Waals surface area contributed by atoms with Crippen molar-refractivity contribution in [3.05, 3.63) is 54.1 Å². The molecule has 0 aliphatic carbocycles. The van der Waals surface area contributed by atoms with Crippen LogP contribution in [0.2, 0.25) is 0 Å². The van der Waals surface area contributed by atoms with Gasteiger partial charge in [-0.15, -0.1) is 0 Å². The van der Waals surface area contributed by atoms with Crippen LogP contribution >= 0.6 is 0 Å². The number of ether oxygens (including phenoxy) is 2. The Kier molecular flexibility index (Phi) is 5.64. The lowest BCUT2D eigenvalue weighted by Crippen LogP contribution is -2.46. The van der Waals surface area contributed by atoms with Crippen molar-refractivity contribution in [2.24, 2.45) is 0 Å². The second kappa shape index (κ2) is 8.12. The molecule has 1 aliphatic rings. The van der Waals surface area contributed by atoms with Gasteiger partial charge in [0, 0.05) is 11.7 Å². The lowest BCUT2D eigenvalue weighted by molar-refractivity contribution is -0.142. The highest BCUT2D eigenvalue weighted by Crippen LogP contribution is 2.39. The molecule has 0 aromatic heterocycles. The molecule has 3 rings (SSSR count). The van der Waals surface area contributed by atoms with Crippen molar-refractivity contribution in [3.63, 3.8) is 0 Å². The molecule has 2 unspecified atom stereocenters. The van der Waals surface area contributed by atoms with Crippen LogP contribution in [0.15, 0.2) is 48.5 Å². The fourth-order valence-corrected chi connectivity index (χ4v) is 3.51. The van der Waals surface area contributed by atoms with Gasteiger partial charge >= 0.3 is 12.0 Å². The predicted octanol–water partition coefficient (Wildman–Crippen LogP) is 4.17. The summed E-state index contributed by atoms with van der Waals surface area (Å²) < 4.78 is 10.5. The molecule has 2 amide bonds. The Bertz CT molecular complexity index is 836. The van der Waals surface area contributed by atoms with Crippen LogP contribution in [0.3, 0.4) is 0 Å². The van der Waals surface area contributed by atoms with E-state index in [4.69, 9.17) is 9.47 Å². The first-order valence-corrected chi connectivity index (χ1v) is 9.05. The highest BCUT2D eigenvalue weighted by molar-refractivity contribution is 6.04. The monoisotopic (exact) mass is 368 g/mol. The van der Waals surface area contributed by atoms with Crippen molar-refractivity contribution in [1.82, 2.24) is 0 Å². The average molecular weight is 368 g/mol. The van der Waals surface area contributed by atoms with Gasteiger partial charge in [-0.05, 0) is 44.0 Å². The van der Waals surface area contributed by atoms with E-state index >= 15 is 0 Å². The van der Waals surface area contributed by atoms with Gasteiger partial charge in [-0.1, -0.05) is 30.3 Å². The molecular weight excluding hydrogens is 344 g/mol. The van der Waals surface area contributed by atoms with Crippen molar-refractivity contribution in [2.75, 3.05) is 23.9 Å². The van der Waals surface area contributed by atoms with Gasteiger partial charge < -0.3 is 14.8 Å². The third-order valence-electron chi connectivity index (χ3n) is 4.72. The number of rotatable bonds is 4. The minimum absolute atomic E-state index is 0.164. The van der Waals surface area contributed by atoms with Crippen LogP contribution in [0.25, 0.3) is 0 Å². The molecule has 142 valence electrons. The minimum atomic E-state index is -0.374. The smallest absolute Gasteiger partial charge is 0.326 e. The summed E-state index contributed by atoms with van der Waals surface area (Å²) in [7, 11) is 1.39. The maximum absolute atomic E-state index is 13.1. The normalized spacial score (nSPS) is 18.4. The number of amides is 2. The van der Waals surface area contributed by atoms with Gasteiger partial charge in [-0.25, -0.2) is 4.79 Å². The quantitative estimate of drug-likeness (QED) is 0.823. The molecule has 2 atom stereocenters. The van der Waals surface area contributed by atoms with Crippen molar-refractivity contribution in [2.45, 2.75) is 32.2 Å². The van der Waals surface area contributed by atoms with Crippen LogP contribution in [-0.2, 0) is 9.53 Å². The summed E-state index contributed by atoms with van der Waals surface area (Å²) in [4.78, 5) is 27.0. The van der Waals surface area contributed by atoms with E-state index < -0.39 is 0 Å². The summed E-state index contributed by atoms with van der Waals surface area (Å²) >= 11 is 0. The Labute approximate surface area is 159 Å². The summed E-state index contributed by atoms with van der Waals surface area (Å²) in [6.45, 7) is 4.34. The second-order valence-corrected chi connectivity index (χ2v) is 6.45. The molecule has 0 spiro atoms. The second-order valence-electron chi connectivity index (χ2n) is 6.45. The van der Waals surface area contributed by atoms with Gasteiger partial charge in [0.05, 0.1) is 25.3 Å². The van der Waals surface area contributed by atoms with E-state index in [1.54, 1.807) is 11.0 Å². The Hall–Kier alpha value is -3.02.